The Morgan fingerprint density at radius 2 is 1.74 bits per heavy atom. The van der Waals surface area contributed by atoms with Crippen LogP contribution < -0.4 is 15.1 Å². The van der Waals surface area contributed by atoms with E-state index in [0.29, 0.717) is 11.3 Å². The molecular formula is C26H25N3O5. The molecule has 8 heteroatoms. The maximum atomic E-state index is 12.8. The Labute approximate surface area is 197 Å². The summed E-state index contributed by atoms with van der Waals surface area (Å²) in [6, 6.07) is 18.0. The number of carbonyl (C=O) groups excluding carboxylic acids is 3. The van der Waals surface area contributed by atoms with Crippen LogP contribution in [0.2, 0.25) is 0 Å². The highest BCUT2D eigenvalue weighted by atomic mass is 16.6. The van der Waals surface area contributed by atoms with Crippen LogP contribution in [0, 0.1) is 0 Å². The molecule has 1 aliphatic heterocycles. The minimum Gasteiger partial charge on any atom is -0.482 e. The van der Waals surface area contributed by atoms with Crippen LogP contribution >= 0.6 is 0 Å². The van der Waals surface area contributed by atoms with E-state index in [1.54, 1.807) is 51.1 Å². The molecule has 0 spiro atoms. The Morgan fingerprint density at radius 3 is 2.44 bits per heavy atom. The van der Waals surface area contributed by atoms with E-state index < -0.39 is 17.5 Å². The smallest absolute Gasteiger partial charge is 0.344 e. The maximum absolute atomic E-state index is 12.8. The van der Waals surface area contributed by atoms with Crippen molar-refractivity contribution in [1.29, 1.82) is 0 Å². The summed E-state index contributed by atoms with van der Waals surface area (Å²) < 4.78 is 10.6. The third kappa shape index (κ3) is 5.23. The number of hydrogen-bond donors (Lipinski definition) is 1. The number of hydrazone groups is 1. The predicted molar refractivity (Wildman–Crippen MR) is 129 cm³/mol. The number of hydrogen-bond acceptors (Lipinski definition) is 6. The number of carbonyl (C=O) groups is 3. The Morgan fingerprint density at radius 1 is 1.03 bits per heavy atom. The van der Waals surface area contributed by atoms with E-state index in [-0.39, 0.29) is 19.1 Å². The molecule has 0 radical (unpaired) electrons. The fourth-order valence-corrected chi connectivity index (χ4v) is 3.66. The summed E-state index contributed by atoms with van der Waals surface area (Å²) in [5.41, 5.74) is 3.93. The lowest BCUT2D eigenvalue weighted by molar-refractivity contribution is -0.157. The van der Waals surface area contributed by atoms with Crippen LogP contribution in [0.5, 0.6) is 5.75 Å². The molecule has 1 heterocycles. The van der Waals surface area contributed by atoms with Gasteiger partial charge in [0.15, 0.2) is 6.61 Å². The van der Waals surface area contributed by atoms with Crippen molar-refractivity contribution in [3.05, 3.63) is 71.8 Å². The number of rotatable bonds is 7. The highest BCUT2D eigenvalue weighted by Gasteiger charge is 2.30. The highest BCUT2D eigenvalue weighted by Crippen LogP contribution is 2.36. The van der Waals surface area contributed by atoms with E-state index in [2.05, 4.69) is 10.5 Å². The van der Waals surface area contributed by atoms with Crippen LogP contribution in [-0.2, 0) is 14.3 Å². The van der Waals surface area contributed by atoms with Gasteiger partial charge >= 0.3 is 5.97 Å². The minimum absolute atomic E-state index is 0.137. The van der Waals surface area contributed by atoms with E-state index in [9.17, 15) is 14.4 Å². The summed E-state index contributed by atoms with van der Waals surface area (Å²) in [6.45, 7) is 5.05. The van der Waals surface area contributed by atoms with Crippen molar-refractivity contribution in [3.8, 4) is 5.75 Å². The zero-order valence-corrected chi connectivity index (χ0v) is 19.2. The van der Waals surface area contributed by atoms with Crippen molar-refractivity contribution in [1.82, 2.24) is 5.43 Å². The summed E-state index contributed by atoms with van der Waals surface area (Å²) in [6.07, 6.45) is 1.48. The largest absolute Gasteiger partial charge is 0.482 e. The number of ether oxygens (including phenoxy) is 2. The van der Waals surface area contributed by atoms with Crippen molar-refractivity contribution in [2.24, 2.45) is 5.10 Å². The second-order valence-corrected chi connectivity index (χ2v) is 8.81. The molecule has 3 aromatic rings. The fourth-order valence-electron chi connectivity index (χ4n) is 3.66. The molecule has 1 N–H and O–H groups in total. The van der Waals surface area contributed by atoms with E-state index >= 15 is 0 Å². The van der Waals surface area contributed by atoms with E-state index in [4.69, 9.17) is 9.47 Å². The minimum atomic E-state index is -0.565. The van der Waals surface area contributed by atoms with E-state index in [0.717, 1.165) is 22.0 Å². The number of amides is 2. The van der Waals surface area contributed by atoms with Crippen molar-refractivity contribution in [2.75, 3.05) is 18.1 Å². The average Bonchev–Trinajstić information content (AvgIpc) is 3.05. The SMILES string of the molecule is CC(C)(C)OC(=O)COc1ccc(/C=N\NC(=O)CN2C(=O)c3cccc4cccc2c34)cc1. The third-order valence-electron chi connectivity index (χ3n) is 5.01. The number of nitrogens with zero attached hydrogens (tertiary/aromatic N) is 2. The van der Waals surface area contributed by atoms with E-state index in [1.165, 1.54) is 11.1 Å². The lowest BCUT2D eigenvalue weighted by Gasteiger charge is -2.19. The molecule has 0 aliphatic carbocycles. The quantitative estimate of drug-likeness (QED) is 0.330. The first-order valence-electron chi connectivity index (χ1n) is 10.8. The monoisotopic (exact) mass is 459 g/mol. The van der Waals surface area contributed by atoms with Gasteiger partial charge in [0.05, 0.1) is 11.9 Å². The van der Waals surface area contributed by atoms with Gasteiger partial charge in [0.1, 0.15) is 17.9 Å². The van der Waals surface area contributed by atoms with Crippen molar-refractivity contribution >= 4 is 40.5 Å². The van der Waals surface area contributed by atoms with Crippen molar-refractivity contribution in [2.45, 2.75) is 26.4 Å². The van der Waals surface area contributed by atoms with Crippen molar-refractivity contribution < 1.29 is 23.9 Å². The number of benzene rings is 3. The van der Waals surface area contributed by atoms with E-state index in [1.807, 2.05) is 30.3 Å². The normalized spacial score (nSPS) is 12.9. The van der Waals surface area contributed by atoms with Gasteiger partial charge in [-0.1, -0.05) is 24.3 Å². The first-order valence-corrected chi connectivity index (χ1v) is 10.8. The molecule has 8 nitrogen and oxygen atoms in total. The zero-order chi connectivity index (χ0) is 24.3. The molecule has 2 amide bonds. The molecule has 34 heavy (non-hydrogen) atoms. The van der Waals surface area contributed by atoms with Crippen LogP contribution in [0.4, 0.5) is 5.69 Å². The molecular weight excluding hydrogens is 434 g/mol. The second-order valence-electron chi connectivity index (χ2n) is 8.81. The molecule has 0 unspecified atom stereocenters. The lowest BCUT2D eigenvalue weighted by atomic mass is 10.1. The molecule has 0 atom stereocenters. The van der Waals surface area contributed by atoms with Gasteiger partial charge in [-0.15, -0.1) is 0 Å². The van der Waals surface area contributed by atoms with Gasteiger partial charge in [-0.05, 0) is 68.1 Å². The van der Waals surface area contributed by atoms with Crippen LogP contribution in [0.3, 0.4) is 0 Å². The number of esters is 1. The predicted octanol–water partition coefficient (Wildman–Crippen LogP) is 3.67. The average molecular weight is 460 g/mol. The topological polar surface area (TPSA) is 97.3 Å². The maximum Gasteiger partial charge on any atom is 0.344 e. The molecule has 0 bridgehead atoms. The Hall–Kier alpha value is -4.20. The Kier molecular flexibility index (Phi) is 6.32. The summed E-state index contributed by atoms with van der Waals surface area (Å²) in [7, 11) is 0. The van der Waals surface area contributed by atoms with Gasteiger partial charge in [0.25, 0.3) is 11.8 Å². The van der Waals surface area contributed by atoms with Gasteiger partial charge in [-0.2, -0.15) is 5.10 Å². The standard InChI is InChI=1S/C26H25N3O5/c1-26(2,3)34-23(31)16-33-19-12-10-17(11-13-19)14-27-28-22(30)15-29-21-9-5-7-18-6-4-8-20(24(18)21)25(29)32/h4-14H,15-16H2,1-3H3,(H,28,30)/b27-14-. The molecule has 174 valence electrons. The van der Waals surface area contributed by atoms with Crippen molar-refractivity contribution in [3.63, 3.8) is 0 Å². The molecule has 0 saturated heterocycles. The highest BCUT2D eigenvalue weighted by molar-refractivity contribution is 6.26. The van der Waals surface area contributed by atoms with Gasteiger partial charge in [0, 0.05) is 10.9 Å². The Balaban J connectivity index is 1.30. The first kappa shape index (κ1) is 23.0. The molecule has 1 aliphatic rings. The zero-order valence-electron chi connectivity index (χ0n) is 19.2. The number of nitrogens with one attached hydrogen (secondary N) is 1. The van der Waals surface area contributed by atoms with Gasteiger partial charge in [-0.3, -0.25) is 14.5 Å². The number of anilines is 1. The van der Waals surface area contributed by atoms with Gasteiger partial charge in [-0.25, -0.2) is 10.2 Å². The summed E-state index contributed by atoms with van der Waals surface area (Å²) in [5.74, 6) is -0.551. The molecule has 4 rings (SSSR count). The van der Waals surface area contributed by atoms with Gasteiger partial charge < -0.3 is 9.47 Å². The summed E-state index contributed by atoms with van der Waals surface area (Å²) >= 11 is 0. The molecule has 0 aromatic heterocycles. The second kappa shape index (κ2) is 9.35. The van der Waals surface area contributed by atoms with Crippen LogP contribution in [0.25, 0.3) is 10.8 Å². The van der Waals surface area contributed by atoms with Crippen LogP contribution in [0.15, 0.2) is 65.8 Å². The fraction of sp³-hybridized carbons (Fsp3) is 0.231. The lowest BCUT2D eigenvalue weighted by Crippen LogP contribution is -2.37. The summed E-state index contributed by atoms with van der Waals surface area (Å²) in [4.78, 5) is 38.4. The first-order chi connectivity index (χ1) is 16.2. The van der Waals surface area contributed by atoms with Gasteiger partial charge in [0.2, 0.25) is 0 Å². The third-order valence-corrected chi connectivity index (χ3v) is 5.01. The Bertz CT molecular complexity index is 1270. The molecule has 0 fully saturated rings. The summed E-state index contributed by atoms with van der Waals surface area (Å²) in [5, 5.41) is 5.80. The van der Waals surface area contributed by atoms with Crippen LogP contribution in [-0.4, -0.2) is 42.8 Å². The molecule has 3 aromatic carbocycles. The van der Waals surface area contributed by atoms with Crippen LogP contribution in [0.1, 0.15) is 36.7 Å². The molecule has 0 saturated carbocycles.